The first-order chi connectivity index (χ1) is 11.7. The lowest BCUT2D eigenvalue weighted by atomic mass is 10.1. The highest BCUT2D eigenvalue weighted by atomic mass is 16.3. The molecule has 0 bridgehead atoms. The normalized spacial score (nSPS) is 11.2. The number of aryl methyl sites for hydroxylation is 1. The summed E-state index contributed by atoms with van der Waals surface area (Å²) in [4.78, 5) is 20.2. The van der Waals surface area contributed by atoms with Gasteiger partial charge in [0.2, 0.25) is 0 Å². The van der Waals surface area contributed by atoms with Gasteiger partial charge in [-0.15, -0.1) is 0 Å². The quantitative estimate of drug-likeness (QED) is 0.604. The molecule has 1 aromatic carbocycles. The van der Waals surface area contributed by atoms with Gasteiger partial charge in [-0.25, -0.2) is 4.98 Å². The predicted octanol–water partition coefficient (Wildman–Crippen LogP) is 3.59. The topological polar surface area (TPSA) is 70.9 Å². The number of H-pyrrole nitrogens is 1. The zero-order valence-electron chi connectivity index (χ0n) is 13.3. The smallest absolute Gasteiger partial charge is 0.269 e. The average molecular weight is 319 g/mol. The fourth-order valence-corrected chi connectivity index (χ4v) is 2.84. The van der Waals surface area contributed by atoms with Crippen LogP contribution in [0.2, 0.25) is 0 Å². The molecule has 120 valence electrons. The van der Waals surface area contributed by atoms with E-state index in [9.17, 15) is 4.79 Å². The van der Waals surface area contributed by atoms with Gasteiger partial charge in [-0.1, -0.05) is 18.2 Å². The number of nitrogens with zero attached hydrogens (tertiary/aromatic N) is 1. The van der Waals surface area contributed by atoms with Crippen LogP contribution >= 0.6 is 0 Å². The lowest BCUT2D eigenvalue weighted by Gasteiger charge is -2.02. The van der Waals surface area contributed by atoms with Crippen molar-refractivity contribution in [2.75, 3.05) is 6.54 Å². The van der Waals surface area contributed by atoms with Crippen LogP contribution in [0, 0.1) is 6.92 Å². The van der Waals surface area contributed by atoms with Crippen molar-refractivity contribution in [2.24, 2.45) is 0 Å². The van der Waals surface area contributed by atoms with E-state index in [4.69, 9.17) is 4.42 Å². The van der Waals surface area contributed by atoms with Crippen LogP contribution in [0.3, 0.4) is 0 Å². The third-order valence-corrected chi connectivity index (χ3v) is 4.07. The number of rotatable bonds is 4. The summed E-state index contributed by atoms with van der Waals surface area (Å²) in [6.45, 7) is 2.52. The average Bonchev–Trinajstić information content (AvgIpc) is 3.24. The molecule has 4 rings (SSSR count). The van der Waals surface area contributed by atoms with Gasteiger partial charge >= 0.3 is 0 Å². The molecule has 24 heavy (non-hydrogen) atoms. The summed E-state index contributed by atoms with van der Waals surface area (Å²) in [6.07, 6.45) is 2.29. The minimum atomic E-state index is -0.168. The van der Waals surface area contributed by atoms with Gasteiger partial charge < -0.3 is 14.7 Å². The third kappa shape index (κ3) is 2.65. The zero-order chi connectivity index (χ0) is 16.5. The Kier molecular flexibility index (Phi) is 3.54. The van der Waals surface area contributed by atoms with Crippen LogP contribution in [0.5, 0.6) is 0 Å². The van der Waals surface area contributed by atoms with Crippen molar-refractivity contribution in [1.29, 1.82) is 0 Å². The Morgan fingerprint density at radius 2 is 2.04 bits per heavy atom. The van der Waals surface area contributed by atoms with Gasteiger partial charge in [-0.05, 0) is 31.2 Å². The van der Waals surface area contributed by atoms with Crippen molar-refractivity contribution in [3.63, 3.8) is 0 Å². The van der Waals surface area contributed by atoms with Crippen molar-refractivity contribution in [1.82, 2.24) is 15.3 Å². The van der Waals surface area contributed by atoms with E-state index in [0.717, 1.165) is 33.3 Å². The summed E-state index contributed by atoms with van der Waals surface area (Å²) >= 11 is 0. The van der Waals surface area contributed by atoms with Crippen molar-refractivity contribution in [3.8, 4) is 0 Å². The third-order valence-electron chi connectivity index (χ3n) is 4.07. The first-order valence-corrected chi connectivity index (χ1v) is 7.90. The Balaban J connectivity index is 1.58. The molecule has 1 amide bonds. The minimum Gasteiger partial charge on any atom is -0.469 e. The second-order valence-corrected chi connectivity index (χ2v) is 5.84. The summed E-state index contributed by atoms with van der Waals surface area (Å²) in [5, 5.41) is 4.92. The molecule has 0 aliphatic carbocycles. The first kappa shape index (κ1) is 14.5. The maximum absolute atomic E-state index is 12.3. The number of furan rings is 1. The van der Waals surface area contributed by atoms with Gasteiger partial charge in [-0.3, -0.25) is 4.79 Å². The summed E-state index contributed by atoms with van der Waals surface area (Å²) in [6, 6.07) is 13.7. The maximum atomic E-state index is 12.3. The zero-order valence-corrected chi connectivity index (χ0v) is 13.3. The molecule has 0 aliphatic heterocycles. The number of hydrogen-bond acceptors (Lipinski definition) is 3. The van der Waals surface area contributed by atoms with Crippen LogP contribution in [0.4, 0.5) is 0 Å². The molecule has 0 saturated carbocycles. The molecule has 0 spiro atoms. The van der Waals surface area contributed by atoms with Gasteiger partial charge in [-0.2, -0.15) is 0 Å². The largest absolute Gasteiger partial charge is 0.469 e. The molecule has 5 nitrogen and oxygen atoms in total. The number of nitrogens with one attached hydrogen (secondary N) is 2. The molecule has 3 aromatic heterocycles. The fourth-order valence-electron chi connectivity index (χ4n) is 2.84. The van der Waals surface area contributed by atoms with Gasteiger partial charge in [0.05, 0.1) is 17.3 Å². The molecule has 0 atom stereocenters. The van der Waals surface area contributed by atoms with E-state index in [2.05, 4.69) is 21.4 Å². The van der Waals surface area contributed by atoms with Crippen LogP contribution in [-0.4, -0.2) is 22.4 Å². The molecule has 0 saturated heterocycles. The lowest BCUT2D eigenvalue weighted by molar-refractivity contribution is 0.0949. The lowest BCUT2D eigenvalue weighted by Crippen LogP contribution is -2.25. The van der Waals surface area contributed by atoms with Gasteiger partial charge in [0.1, 0.15) is 11.5 Å². The fraction of sp³-hybridized carbons (Fsp3) is 0.158. The summed E-state index contributed by atoms with van der Waals surface area (Å²) in [5.74, 6) is 0.686. The Hall–Kier alpha value is -3.08. The second kappa shape index (κ2) is 5.85. The highest BCUT2D eigenvalue weighted by molar-refractivity contribution is 6.07. The number of pyridine rings is 1. The van der Waals surface area contributed by atoms with Crippen LogP contribution < -0.4 is 5.32 Å². The molecule has 0 radical (unpaired) electrons. The van der Waals surface area contributed by atoms with E-state index in [1.807, 2.05) is 43.3 Å². The number of amides is 1. The number of fused-ring (bicyclic) bond motifs is 3. The molecule has 5 heteroatoms. The monoisotopic (exact) mass is 319 g/mol. The number of carbonyl (C=O) groups excluding carboxylic acids is 1. The summed E-state index contributed by atoms with van der Waals surface area (Å²) < 4.78 is 5.26. The van der Waals surface area contributed by atoms with E-state index >= 15 is 0 Å². The van der Waals surface area contributed by atoms with E-state index in [1.54, 1.807) is 6.26 Å². The Morgan fingerprint density at radius 3 is 2.88 bits per heavy atom. The number of benzene rings is 1. The van der Waals surface area contributed by atoms with Crippen molar-refractivity contribution < 1.29 is 9.21 Å². The highest BCUT2D eigenvalue weighted by Crippen LogP contribution is 2.24. The minimum absolute atomic E-state index is 0.168. The Labute approximate surface area is 138 Å². The van der Waals surface area contributed by atoms with Gasteiger partial charge in [0.15, 0.2) is 0 Å². The van der Waals surface area contributed by atoms with Crippen molar-refractivity contribution >= 4 is 27.7 Å². The maximum Gasteiger partial charge on any atom is 0.269 e. The number of carbonyl (C=O) groups is 1. The summed E-state index contributed by atoms with van der Waals surface area (Å²) in [5.41, 5.74) is 3.28. The van der Waals surface area contributed by atoms with Crippen LogP contribution in [0.1, 0.15) is 21.9 Å². The Bertz CT molecular complexity index is 1020. The number of hydrogen-bond donors (Lipinski definition) is 2. The molecule has 3 heterocycles. The van der Waals surface area contributed by atoms with E-state index in [-0.39, 0.29) is 5.91 Å². The van der Waals surface area contributed by atoms with E-state index < -0.39 is 0 Å². The Morgan fingerprint density at radius 1 is 1.21 bits per heavy atom. The predicted molar refractivity (Wildman–Crippen MR) is 93.1 cm³/mol. The molecule has 0 unspecified atom stereocenters. The van der Waals surface area contributed by atoms with Crippen LogP contribution in [0.25, 0.3) is 21.8 Å². The second-order valence-electron chi connectivity index (χ2n) is 5.84. The molecule has 0 aliphatic rings. The number of aromatic amines is 1. The number of aromatic nitrogens is 2. The van der Waals surface area contributed by atoms with Crippen molar-refractivity contribution in [2.45, 2.75) is 13.3 Å². The highest BCUT2D eigenvalue weighted by Gasteiger charge is 2.13. The molecule has 2 N–H and O–H groups in total. The van der Waals surface area contributed by atoms with E-state index in [0.29, 0.717) is 18.7 Å². The van der Waals surface area contributed by atoms with Gasteiger partial charge in [0, 0.05) is 29.4 Å². The molecular formula is C19H17N3O2. The van der Waals surface area contributed by atoms with Crippen LogP contribution in [-0.2, 0) is 6.42 Å². The van der Waals surface area contributed by atoms with Crippen molar-refractivity contribution in [3.05, 3.63) is 65.9 Å². The summed E-state index contributed by atoms with van der Waals surface area (Å²) in [7, 11) is 0. The van der Waals surface area contributed by atoms with Crippen LogP contribution in [0.15, 0.2) is 53.1 Å². The SMILES string of the molecule is Cc1ccc2ccc3cc(C(=O)NCCc4ccco4)nc3c2[nH]1. The first-order valence-electron chi connectivity index (χ1n) is 7.90. The van der Waals surface area contributed by atoms with E-state index in [1.165, 1.54) is 0 Å². The van der Waals surface area contributed by atoms with Gasteiger partial charge in [0.25, 0.3) is 5.91 Å². The molecular weight excluding hydrogens is 302 g/mol. The molecule has 4 aromatic rings. The standard InChI is InChI=1S/C19H17N3O2/c1-12-4-5-13-6-7-14-11-16(22-18(14)17(13)21-12)19(23)20-9-8-15-3-2-10-24-15/h2-7,10-11,21H,8-9H2,1H3,(H,20,23). The molecule has 0 fully saturated rings.